The van der Waals surface area contributed by atoms with Crippen molar-refractivity contribution in [2.24, 2.45) is 0 Å². The van der Waals surface area contributed by atoms with Crippen molar-refractivity contribution in [3.8, 4) is 0 Å². The van der Waals surface area contributed by atoms with Gasteiger partial charge in [0.05, 0.1) is 12.8 Å². The van der Waals surface area contributed by atoms with Gasteiger partial charge in [-0.2, -0.15) is 0 Å². The average molecular weight is 326 g/mol. The summed E-state index contributed by atoms with van der Waals surface area (Å²) in [5.41, 5.74) is 2.23. The van der Waals surface area contributed by atoms with Crippen LogP contribution in [-0.2, 0) is 6.54 Å². The summed E-state index contributed by atoms with van der Waals surface area (Å²) in [6.07, 6.45) is 9.09. The molecule has 2 aromatic rings. The number of fused-ring (bicyclic) bond motifs is 1. The lowest BCUT2D eigenvalue weighted by molar-refractivity contribution is 0.281. The van der Waals surface area contributed by atoms with Crippen LogP contribution in [0.15, 0.2) is 30.9 Å². The number of hydrogen-bond donors (Lipinski definition) is 3. The predicted octanol–water partition coefficient (Wildman–Crippen LogP) is 2.21. The predicted molar refractivity (Wildman–Crippen MR) is 94.8 cm³/mol. The van der Waals surface area contributed by atoms with E-state index in [1.54, 1.807) is 18.6 Å². The second kappa shape index (κ2) is 7.27. The van der Waals surface area contributed by atoms with E-state index in [0.717, 1.165) is 30.0 Å². The van der Waals surface area contributed by atoms with Crippen molar-refractivity contribution in [2.75, 3.05) is 23.8 Å². The van der Waals surface area contributed by atoms with Gasteiger partial charge in [0.25, 0.3) is 0 Å². The molecule has 3 heterocycles. The maximum Gasteiger partial charge on any atom is 0.150 e. The maximum absolute atomic E-state index is 9.35. The molecule has 1 aliphatic heterocycles. The summed E-state index contributed by atoms with van der Waals surface area (Å²) in [7, 11) is 0. The van der Waals surface area contributed by atoms with Gasteiger partial charge in [-0.3, -0.25) is 4.98 Å². The zero-order valence-corrected chi connectivity index (χ0v) is 13.9. The van der Waals surface area contributed by atoms with Gasteiger partial charge in [0, 0.05) is 37.1 Å². The molecule has 0 aromatic carbocycles. The van der Waals surface area contributed by atoms with Gasteiger partial charge in [0.2, 0.25) is 0 Å². The van der Waals surface area contributed by atoms with E-state index in [0.29, 0.717) is 11.6 Å². The topological polar surface area (TPSA) is 86.2 Å². The van der Waals surface area contributed by atoms with Crippen LogP contribution in [0.2, 0.25) is 0 Å². The van der Waals surface area contributed by atoms with Crippen LogP contribution >= 0.6 is 0 Å². The van der Waals surface area contributed by atoms with E-state index in [1.807, 2.05) is 13.0 Å². The molecule has 7 nitrogen and oxygen atoms in total. The van der Waals surface area contributed by atoms with E-state index in [4.69, 9.17) is 0 Å². The zero-order chi connectivity index (χ0) is 16.9. The highest BCUT2D eigenvalue weighted by Gasteiger charge is 2.18. The minimum absolute atomic E-state index is 0.0472. The van der Waals surface area contributed by atoms with Crippen molar-refractivity contribution >= 4 is 23.5 Å². The number of aliphatic hydroxyl groups is 1. The Morgan fingerprint density at radius 1 is 1.33 bits per heavy atom. The molecule has 3 rings (SSSR count). The fraction of sp³-hybridized carbons (Fsp3) is 0.353. The minimum atomic E-state index is -0.0747. The number of aliphatic hydroxyl groups excluding tert-OH is 1. The van der Waals surface area contributed by atoms with E-state index in [-0.39, 0.29) is 12.6 Å². The quantitative estimate of drug-likeness (QED) is 0.750. The molecule has 126 valence electrons. The molecule has 0 saturated heterocycles. The SMILES string of the molecule is CCN1C=Cc2cc(Nc3cnccn3)nc(N[C@H](C)CO)c2C1. The van der Waals surface area contributed by atoms with Crippen LogP contribution in [0, 0.1) is 0 Å². The zero-order valence-electron chi connectivity index (χ0n) is 13.9. The molecule has 0 fully saturated rings. The molecule has 24 heavy (non-hydrogen) atoms. The van der Waals surface area contributed by atoms with Crippen molar-refractivity contribution in [1.29, 1.82) is 0 Å². The monoisotopic (exact) mass is 326 g/mol. The lowest BCUT2D eigenvalue weighted by Gasteiger charge is -2.27. The molecule has 0 radical (unpaired) electrons. The summed E-state index contributed by atoms with van der Waals surface area (Å²) in [4.78, 5) is 15.2. The van der Waals surface area contributed by atoms with Gasteiger partial charge in [-0.15, -0.1) is 0 Å². The molecular formula is C17H22N6O. The Kier molecular flexibility index (Phi) is 4.90. The molecule has 0 saturated carbocycles. The van der Waals surface area contributed by atoms with Gasteiger partial charge in [0.15, 0.2) is 0 Å². The van der Waals surface area contributed by atoms with Gasteiger partial charge in [-0.05, 0) is 37.8 Å². The molecule has 1 aliphatic rings. The van der Waals surface area contributed by atoms with Crippen LogP contribution in [0.1, 0.15) is 25.0 Å². The first-order valence-corrected chi connectivity index (χ1v) is 8.06. The number of nitrogens with one attached hydrogen (secondary N) is 2. The van der Waals surface area contributed by atoms with Crippen molar-refractivity contribution in [3.63, 3.8) is 0 Å². The van der Waals surface area contributed by atoms with Crippen molar-refractivity contribution in [1.82, 2.24) is 19.9 Å². The number of nitrogens with zero attached hydrogens (tertiary/aromatic N) is 4. The maximum atomic E-state index is 9.35. The Balaban J connectivity index is 1.95. The van der Waals surface area contributed by atoms with E-state index in [2.05, 4.69) is 49.7 Å². The van der Waals surface area contributed by atoms with Crippen LogP contribution in [-0.4, -0.2) is 44.2 Å². The van der Waals surface area contributed by atoms with E-state index < -0.39 is 0 Å². The summed E-state index contributed by atoms with van der Waals surface area (Å²) in [6, 6.07) is 1.93. The first-order chi connectivity index (χ1) is 11.7. The normalized spacial score (nSPS) is 14.2. The smallest absolute Gasteiger partial charge is 0.150 e. The Bertz CT molecular complexity index is 719. The third-order valence-corrected chi connectivity index (χ3v) is 3.87. The number of anilines is 3. The van der Waals surface area contributed by atoms with Crippen LogP contribution in [0.3, 0.4) is 0 Å². The number of aromatic nitrogens is 3. The van der Waals surface area contributed by atoms with E-state index in [9.17, 15) is 5.11 Å². The highest BCUT2D eigenvalue weighted by molar-refractivity contribution is 5.69. The lowest BCUT2D eigenvalue weighted by Crippen LogP contribution is -2.25. The Hall–Kier alpha value is -2.67. The molecule has 0 aliphatic carbocycles. The Labute approximate surface area is 141 Å². The van der Waals surface area contributed by atoms with E-state index in [1.165, 1.54) is 0 Å². The summed E-state index contributed by atoms with van der Waals surface area (Å²) in [6.45, 7) is 5.82. The standard InChI is InChI=1S/C17H22N6O/c1-3-23-7-4-13-8-15(21-16-9-18-5-6-19-16)22-17(14(13)10-23)20-12(2)11-24/h4-9,12,24H,3,10-11H2,1-2H3,(H2,19,20,21,22)/t12-/m1/s1. The van der Waals surface area contributed by atoms with Crippen molar-refractivity contribution < 1.29 is 5.11 Å². The molecule has 0 amide bonds. The molecular weight excluding hydrogens is 304 g/mol. The van der Waals surface area contributed by atoms with Gasteiger partial charge in [0.1, 0.15) is 17.5 Å². The Morgan fingerprint density at radius 3 is 2.92 bits per heavy atom. The molecule has 7 heteroatoms. The van der Waals surface area contributed by atoms with Crippen LogP contribution in [0.25, 0.3) is 6.08 Å². The second-order valence-corrected chi connectivity index (χ2v) is 5.75. The first-order valence-electron chi connectivity index (χ1n) is 8.06. The molecule has 0 spiro atoms. The lowest BCUT2D eigenvalue weighted by atomic mass is 10.0. The first kappa shape index (κ1) is 16.2. The van der Waals surface area contributed by atoms with Crippen molar-refractivity contribution in [2.45, 2.75) is 26.4 Å². The molecule has 2 aromatic heterocycles. The second-order valence-electron chi connectivity index (χ2n) is 5.75. The molecule has 0 unspecified atom stereocenters. The van der Waals surface area contributed by atoms with Gasteiger partial charge >= 0.3 is 0 Å². The minimum Gasteiger partial charge on any atom is -0.394 e. The highest BCUT2D eigenvalue weighted by atomic mass is 16.3. The fourth-order valence-electron chi connectivity index (χ4n) is 2.52. The third-order valence-electron chi connectivity index (χ3n) is 3.87. The van der Waals surface area contributed by atoms with Gasteiger partial charge < -0.3 is 20.6 Å². The summed E-state index contributed by atoms with van der Waals surface area (Å²) >= 11 is 0. The molecule has 1 atom stereocenters. The summed E-state index contributed by atoms with van der Waals surface area (Å²) < 4.78 is 0. The van der Waals surface area contributed by atoms with Crippen molar-refractivity contribution in [3.05, 3.63) is 42.0 Å². The van der Waals surface area contributed by atoms with Crippen LogP contribution in [0.4, 0.5) is 17.5 Å². The number of pyridine rings is 1. The third kappa shape index (κ3) is 3.62. The van der Waals surface area contributed by atoms with Crippen LogP contribution < -0.4 is 10.6 Å². The van der Waals surface area contributed by atoms with Gasteiger partial charge in [-0.25, -0.2) is 9.97 Å². The average Bonchev–Trinajstić information content (AvgIpc) is 2.62. The summed E-state index contributed by atoms with van der Waals surface area (Å²) in [5, 5.41) is 15.8. The number of rotatable bonds is 6. The highest BCUT2D eigenvalue weighted by Crippen LogP contribution is 2.29. The van der Waals surface area contributed by atoms with E-state index >= 15 is 0 Å². The fourth-order valence-corrected chi connectivity index (χ4v) is 2.52. The summed E-state index contributed by atoms with van der Waals surface area (Å²) in [5.74, 6) is 2.11. The largest absolute Gasteiger partial charge is 0.394 e. The van der Waals surface area contributed by atoms with Crippen LogP contribution in [0.5, 0.6) is 0 Å². The molecule has 0 bridgehead atoms. The molecule has 3 N–H and O–H groups in total. The van der Waals surface area contributed by atoms with Gasteiger partial charge in [-0.1, -0.05) is 0 Å². The number of hydrogen-bond acceptors (Lipinski definition) is 7. The Morgan fingerprint density at radius 2 is 2.21 bits per heavy atom.